The van der Waals surface area contributed by atoms with Gasteiger partial charge in [-0.1, -0.05) is 23.2 Å². The molecule has 1 aromatic heterocycles. The van der Waals surface area contributed by atoms with Crippen LogP contribution in [-0.4, -0.2) is 10.9 Å². The van der Waals surface area contributed by atoms with E-state index in [2.05, 4.69) is 16.4 Å². The molecule has 2 aromatic carbocycles. The zero-order valence-electron chi connectivity index (χ0n) is 16.7. The molecule has 0 bridgehead atoms. The molecule has 0 unspecified atom stereocenters. The quantitative estimate of drug-likeness (QED) is 0.468. The van der Waals surface area contributed by atoms with Crippen molar-refractivity contribution in [1.82, 2.24) is 4.98 Å². The van der Waals surface area contributed by atoms with Crippen LogP contribution in [0.3, 0.4) is 0 Å². The molecule has 1 heterocycles. The smallest absolute Gasteiger partial charge is 0.228 e. The Kier molecular flexibility index (Phi) is 5.20. The number of nitrogens with one attached hydrogen (secondary N) is 1. The summed E-state index contributed by atoms with van der Waals surface area (Å²) in [5.74, 6) is 0.765. The number of hydrogen-bond donors (Lipinski definition) is 1. The second-order valence-electron chi connectivity index (χ2n) is 8.79. The van der Waals surface area contributed by atoms with Crippen molar-refractivity contribution in [2.45, 2.75) is 44.4 Å². The first-order valence-electron chi connectivity index (χ1n) is 10.6. The topological polar surface area (TPSA) is 42.0 Å². The van der Waals surface area contributed by atoms with E-state index in [0.29, 0.717) is 10.9 Å². The lowest BCUT2D eigenvalue weighted by molar-refractivity contribution is -0.133. The molecular weight excluding hydrogens is 415 g/mol. The molecule has 0 saturated heterocycles. The van der Waals surface area contributed by atoms with Gasteiger partial charge in [0.1, 0.15) is 0 Å². The molecule has 0 radical (unpaired) electrons. The van der Waals surface area contributed by atoms with Crippen LogP contribution in [-0.2, 0) is 4.79 Å². The molecule has 1 atom stereocenters. The van der Waals surface area contributed by atoms with Crippen molar-refractivity contribution in [3.63, 3.8) is 0 Å². The minimum absolute atomic E-state index is 0.109. The highest BCUT2D eigenvalue weighted by molar-refractivity contribution is 6.31. The third kappa shape index (κ3) is 3.59. The molecule has 154 valence electrons. The Morgan fingerprint density at radius 2 is 1.63 bits per heavy atom. The molecule has 5 rings (SSSR count). The SMILES string of the molecule is O=C(Nc1ccc(Cl)cc1)[C@H]1CCC12CCC(c1ccnc3ccc(Cl)cc13)CC2. The number of carbonyl (C=O) groups is 1. The van der Waals surface area contributed by atoms with Gasteiger partial charge in [-0.15, -0.1) is 0 Å². The standard InChI is InChI=1S/C25H24Cl2N2O/c26-17-1-4-19(5-2-17)29-24(30)22-9-13-25(22)11-7-16(8-12-25)20-10-14-28-23-6-3-18(27)15-21(20)23/h1-6,10,14-16,22H,7-9,11-13H2,(H,29,30)/t16?,22-,25?/m1/s1. The molecule has 3 aromatic rings. The fourth-order valence-electron chi connectivity index (χ4n) is 5.47. The number of amides is 1. The van der Waals surface area contributed by atoms with Crippen LogP contribution in [0.5, 0.6) is 0 Å². The molecule has 30 heavy (non-hydrogen) atoms. The van der Waals surface area contributed by atoms with E-state index in [1.54, 1.807) is 0 Å². The Morgan fingerprint density at radius 1 is 0.933 bits per heavy atom. The van der Waals surface area contributed by atoms with Gasteiger partial charge in [0.15, 0.2) is 0 Å². The van der Waals surface area contributed by atoms with Crippen LogP contribution < -0.4 is 5.32 Å². The molecule has 5 heteroatoms. The van der Waals surface area contributed by atoms with Crippen molar-refractivity contribution in [3.05, 3.63) is 70.3 Å². The fourth-order valence-corrected chi connectivity index (χ4v) is 5.76. The molecule has 2 saturated carbocycles. The third-order valence-corrected chi connectivity index (χ3v) is 7.74. The average Bonchev–Trinajstić information content (AvgIpc) is 2.74. The summed E-state index contributed by atoms with van der Waals surface area (Å²) < 4.78 is 0. The minimum atomic E-state index is 0.109. The Labute approximate surface area is 186 Å². The van der Waals surface area contributed by atoms with Gasteiger partial charge in [-0.25, -0.2) is 0 Å². The van der Waals surface area contributed by atoms with Gasteiger partial charge in [-0.3, -0.25) is 9.78 Å². The first kappa shape index (κ1) is 19.8. The predicted octanol–water partition coefficient (Wildman–Crippen LogP) is 7.23. The Balaban J connectivity index is 1.29. The highest BCUT2D eigenvalue weighted by Crippen LogP contribution is 2.58. The maximum Gasteiger partial charge on any atom is 0.228 e. The maximum atomic E-state index is 12.9. The lowest BCUT2D eigenvalue weighted by Gasteiger charge is -2.52. The second-order valence-corrected chi connectivity index (χ2v) is 9.66. The number of anilines is 1. The van der Waals surface area contributed by atoms with Gasteiger partial charge in [0, 0.05) is 33.2 Å². The summed E-state index contributed by atoms with van der Waals surface area (Å²) in [4.78, 5) is 17.4. The molecule has 0 aliphatic heterocycles. The van der Waals surface area contributed by atoms with E-state index in [0.717, 1.165) is 60.1 Å². The second kappa shape index (κ2) is 7.86. The summed E-state index contributed by atoms with van der Waals surface area (Å²) in [6.45, 7) is 0. The zero-order chi connectivity index (χ0) is 20.7. The molecular formula is C25H24Cl2N2O. The Hall–Kier alpha value is -2.10. The molecule has 1 N–H and O–H groups in total. The number of pyridine rings is 1. The van der Waals surface area contributed by atoms with Crippen molar-refractivity contribution < 1.29 is 4.79 Å². The number of benzene rings is 2. The first-order valence-corrected chi connectivity index (χ1v) is 11.4. The lowest BCUT2D eigenvalue weighted by Crippen LogP contribution is -2.48. The monoisotopic (exact) mass is 438 g/mol. The predicted molar refractivity (Wildman–Crippen MR) is 123 cm³/mol. The van der Waals surface area contributed by atoms with Crippen LogP contribution in [0.15, 0.2) is 54.7 Å². The van der Waals surface area contributed by atoms with E-state index in [-0.39, 0.29) is 17.2 Å². The average molecular weight is 439 g/mol. The van der Waals surface area contributed by atoms with Crippen LogP contribution in [0.4, 0.5) is 5.69 Å². The highest BCUT2D eigenvalue weighted by Gasteiger charge is 2.51. The van der Waals surface area contributed by atoms with Gasteiger partial charge in [0.25, 0.3) is 0 Å². The number of fused-ring (bicyclic) bond motifs is 1. The highest BCUT2D eigenvalue weighted by atomic mass is 35.5. The van der Waals surface area contributed by atoms with Crippen molar-refractivity contribution >= 4 is 45.7 Å². The largest absolute Gasteiger partial charge is 0.326 e. The third-order valence-electron chi connectivity index (χ3n) is 7.26. The van der Waals surface area contributed by atoms with Gasteiger partial charge in [0.2, 0.25) is 5.91 Å². The van der Waals surface area contributed by atoms with E-state index in [1.807, 2.05) is 48.7 Å². The number of halogens is 2. The van der Waals surface area contributed by atoms with E-state index < -0.39 is 0 Å². The molecule has 2 aliphatic carbocycles. The molecule has 1 amide bonds. The van der Waals surface area contributed by atoms with Gasteiger partial charge >= 0.3 is 0 Å². The summed E-state index contributed by atoms with van der Waals surface area (Å²) in [6.07, 6.45) is 8.45. The number of nitrogens with zero attached hydrogens (tertiary/aromatic N) is 1. The summed E-state index contributed by atoms with van der Waals surface area (Å²) in [5, 5.41) is 5.69. The summed E-state index contributed by atoms with van der Waals surface area (Å²) >= 11 is 12.2. The van der Waals surface area contributed by atoms with Crippen LogP contribution in [0.1, 0.15) is 50.0 Å². The first-order chi connectivity index (χ1) is 14.5. The molecule has 1 spiro atoms. The number of hydrogen-bond acceptors (Lipinski definition) is 2. The van der Waals surface area contributed by atoms with E-state index in [1.165, 1.54) is 5.56 Å². The number of rotatable bonds is 3. The Morgan fingerprint density at radius 3 is 2.33 bits per heavy atom. The van der Waals surface area contributed by atoms with Crippen LogP contribution in [0.25, 0.3) is 10.9 Å². The van der Waals surface area contributed by atoms with Crippen LogP contribution in [0, 0.1) is 11.3 Å². The van der Waals surface area contributed by atoms with Crippen LogP contribution >= 0.6 is 23.2 Å². The lowest BCUT2D eigenvalue weighted by atomic mass is 9.52. The van der Waals surface area contributed by atoms with E-state index in [9.17, 15) is 4.79 Å². The number of carbonyl (C=O) groups excluding carboxylic acids is 1. The van der Waals surface area contributed by atoms with Crippen molar-refractivity contribution in [3.8, 4) is 0 Å². The van der Waals surface area contributed by atoms with Crippen molar-refractivity contribution in [2.24, 2.45) is 11.3 Å². The van der Waals surface area contributed by atoms with E-state index >= 15 is 0 Å². The summed E-state index contributed by atoms with van der Waals surface area (Å²) in [5.41, 5.74) is 3.33. The molecule has 2 fully saturated rings. The van der Waals surface area contributed by atoms with Gasteiger partial charge < -0.3 is 5.32 Å². The molecule has 2 aliphatic rings. The van der Waals surface area contributed by atoms with Crippen LogP contribution in [0.2, 0.25) is 10.0 Å². The van der Waals surface area contributed by atoms with Crippen molar-refractivity contribution in [2.75, 3.05) is 5.32 Å². The summed E-state index contributed by atoms with van der Waals surface area (Å²) in [6, 6.07) is 15.4. The number of aromatic nitrogens is 1. The summed E-state index contributed by atoms with van der Waals surface area (Å²) in [7, 11) is 0. The van der Waals surface area contributed by atoms with E-state index in [4.69, 9.17) is 23.2 Å². The minimum Gasteiger partial charge on any atom is -0.326 e. The Bertz CT molecular complexity index is 1090. The normalized spacial score (nSPS) is 25.8. The maximum absolute atomic E-state index is 12.9. The molecule has 3 nitrogen and oxygen atoms in total. The zero-order valence-corrected chi connectivity index (χ0v) is 18.2. The van der Waals surface area contributed by atoms with Crippen molar-refractivity contribution in [1.29, 1.82) is 0 Å². The van der Waals surface area contributed by atoms with Gasteiger partial charge in [-0.2, -0.15) is 0 Å². The van der Waals surface area contributed by atoms with Gasteiger partial charge in [-0.05, 0) is 104 Å². The van der Waals surface area contributed by atoms with Gasteiger partial charge in [0.05, 0.1) is 5.52 Å². The fraction of sp³-hybridized carbons (Fsp3) is 0.360.